The second-order valence-electron chi connectivity index (χ2n) is 11.1. The van der Waals surface area contributed by atoms with Crippen LogP contribution in [0.15, 0.2) is 30.3 Å². The maximum atomic E-state index is 13.3. The van der Waals surface area contributed by atoms with Crippen molar-refractivity contribution in [1.82, 2.24) is 26.6 Å². The minimum Gasteiger partial charge on any atom is -0.445 e. The van der Waals surface area contributed by atoms with E-state index in [-0.39, 0.29) is 25.5 Å². The Kier molecular flexibility index (Phi) is 18.9. The van der Waals surface area contributed by atoms with Gasteiger partial charge in [-0.3, -0.25) is 24.0 Å². The van der Waals surface area contributed by atoms with E-state index < -0.39 is 85.5 Å². The van der Waals surface area contributed by atoms with Crippen molar-refractivity contribution < 1.29 is 48.5 Å². The van der Waals surface area contributed by atoms with Crippen LogP contribution in [-0.4, -0.2) is 102 Å². The molecule has 0 aliphatic heterocycles. The highest BCUT2D eigenvalue weighted by Gasteiger charge is 2.32. The lowest BCUT2D eigenvalue weighted by Crippen LogP contribution is -2.60. The lowest BCUT2D eigenvalue weighted by atomic mass is 10.0. The van der Waals surface area contributed by atoms with Crippen LogP contribution in [0.1, 0.15) is 51.5 Å². The van der Waals surface area contributed by atoms with Gasteiger partial charge in [0.05, 0.1) is 25.7 Å². The zero-order valence-corrected chi connectivity index (χ0v) is 26.6. The highest BCUT2D eigenvalue weighted by atomic mass is 16.5. The van der Waals surface area contributed by atoms with Crippen LogP contribution in [0.25, 0.3) is 0 Å². The van der Waals surface area contributed by atoms with Crippen molar-refractivity contribution >= 4 is 41.9 Å². The van der Waals surface area contributed by atoms with Crippen LogP contribution in [0, 0.1) is 5.92 Å². The summed E-state index contributed by atoms with van der Waals surface area (Å²) in [4.78, 5) is 87.3. The number of primary amides is 1. The molecule has 0 spiro atoms. The molecule has 0 aliphatic carbocycles. The molecule has 1 aromatic rings. The van der Waals surface area contributed by atoms with Gasteiger partial charge in [0.15, 0.2) is 0 Å². The molecule has 5 atom stereocenters. The largest absolute Gasteiger partial charge is 0.445 e. The molecule has 0 bridgehead atoms. The molecule has 17 heteroatoms. The first-order valence-electron chi connectivity index (χ1n) is 15.2. The Labute approximate surface area is 272 Å². The zero-order chi connectivity index (χ0) is 35.4. The van der Waals surface area contributed by atoms with Crippen molar-refractivity contribution in [2.75, 3.05) is 19.8 Å². The fourth-order valence-electron chi connectivity index (χ4n) is 4.22. The number of amides is 6. The van der Waals surface area contributed by atoms with Crippen LogP contribution in [0.4, 0.5) is 4.79 Å². The van der Waals surface area contributed by atoms with E-state index in [1.54, 1.807) is 30.3 Å². The number of carbonyl (C=O) groups excluding carboxylic acids is 7. The van der Waals surface area contributed by atoms with E-state index in [9.17, 15) is 43.8 Å². The number of rotatable bonds is 22. The van der Waals surface area contributed by atoms with Crippen LogP contribution >= 0.6 is 0 Å². The number of hydrogen-bond acceptors (Lipinski definition) is 11. The molecule has 1 rings (SSSR count). The maximum Gasteiger partial charge on any atom is 0.408 e. The van der Waals surface area contributed by atoms with Gasteiger partial charge in [0.1, 0.15) is 37.1 Å². The Bertz CT molecular complexity index is 1180. The van der Waals surface area contributed by atoms with Crippen molar-refractivity contribution in [1.29, 1.82) is 0 Å². The molecule has 47 heavy (non-hydrogen) atoms. The highest BCUT2D eigenvalue weighted by molar-refractivity contribution is 5.96. The standard InChI is InChI=1S/C30H47N7O10/c1-18(2)12-20(14-38)33-27(43)22(13-25(32)41)35-26(42)21(10-6-7-11-31)34-28(44)23(15-39)36-29(45)24(16-40)37-30(46)47-17-19-8-4-3-5-9-19/h3-5,8-9,14,18,20-24,39-40H,6-7,10-13,15-17,31H2,1-2H3,(H2,32,41)(H,33,43)(H,34,44)(H,35,42)(H,36,45)(H,37,46)/t20-,21-,22-,23-,24-/m0/s1. The third kappa shape index (κ3) is 16.0. The van der Waals surface area contributed by atoms with E-state index in [0.29, 0.717) is 31.1 Å². The highest BCUT2D eigenvalue weighted by Crippen LogP contribution is 2.07. The van der Waals surface area contributed by atoms with Crippen LogP contribution < -0.4 is 38.1 Å². The minimum absolute atomic E-state index is 0.0180. The van der Waals surface area contributed by atoms with Crippen molar-refractivity contribution in [3.63, 3.8) is 0 Å². The first-order valence-corrected chi connectivity index (χ1v) is 15.2. The summed E-state index contributed by atoms with van der Waals surface area (Å²) in [6.07, 6.45) is 0.0387. The van der Waals surface area contributed by atoms with Crippen molar-refractivity contribution in [3.05, 3.63) is 35.9 Å². The summed E-state index contributed by atoms with van der Waals surface area (Å²) in [7, 11) is 0. The minimum atomic E-state index is -1.63. The number of hydrogen-bond donors (Lipinski definition) is 9. The first kappa shape index (κ1) is 40.4. The van der Waals surface area contributed by atoms with E-state index in [1.807, 2.05) is 13.8 Å². The van der Waals surface area contributed by atoms with Gasteiger partial charge >= 0.3 is 6.09 Å². The van der Waals surface area contributed by atoms with Crippen LogP contribution in [0.5, 0.6) is 0 Å². The monoisotopic (exact) mass is 665 g/mol. The Hall–Kier alpha value is -4.61. The van der Waals surface area contributed by atoms with Crippen LogP contribution in [0.2, 0.25) is 0 Å². The number of aliphatic hydroxyl groups is 2. The SMILES string of the molecule is CC(C)C[C@@H](C=O)NC(=O)[C@H](CC(N)=O)NC(=O)[C@H](CCCCN)NC(=O)[C@H](CO)NC(=O)[C@H](CO)NC(=O)OCc1ccccc1. The van der Waals surface area contributed by atoms with Gasteiger partial charge in [0, 0.05) is 0 Å². The third-order valence-corrected chi connectivity index (χ3v) is 6.65. The number of alkyl carbamates (subject to hydrolysis) is 1. The molecular formula is C30H47N7O10. The average molecular weight is 666 g/mol. The Morgan fingerprint density at radius 1 is 0.787 bits per heavy atom. The predicted octanol–water partition coefficient (Wildman–Crippen LogP) is -2.55. The van der Waals surface area contributed by atoms with E-state index in [4.69, 9.17) is 16.2 Å². The number of nitrogens with two attached hydrogens (primary N) is 2. The molecular weight excluding hydrogens is 618 g/mol. The number of unbranched alkanes of at least 4 members (excludes halogenated alkanes) is 1. The molecule has 6 amide bonds. The molecule has 0 radical (unpaired) electrons. The summed E-state index contributed by atoms with van der Waals surface area (Å²) in [5, 5.41) is 31.1. The van der Waals surface area contributed by atoms with Gasteiger partial charge in [-0.25, -0.2) is 4.79 Å². The predicted molar refractivity (Wildman–Crippen MR) is 168 cm³/mol. The number of carbonyl (C=O) groups is 7. The summed E-state index contributed by atoms with van der Waals surface area (Å²) in [6.45, 7) is 2.03. The summed E-state index contributed by atoms with van der Waals surface area (Å²) in [5.74, 6) is -4.64. The lowest BCUT2D eigenvalue weighted by molar-refractivity contribution is -0.135. The normalized spacial score (nSPS) is 14.0. The molecule has 17 nitrogen and oxygen atoms in total. The Morgan fingerprint density at radius 2 is 1.32 bits per heavy atom. The summed E-state index contributed by atoms with van der Waals surface area (Å²) < 4.78 is 5.03. The zero-order valence-electron chi connectivity index (χ0n) is 26.6. The van der Waals surface area contributed by atoms with Gasteiger partial charge in [0.2, 0.25) is 29.5 Å². The van der Waals surface area contributed by atoms with Gasteiger partial charge in [-0.1, -0.05) is 44.2 Å². The van der Waals surface area contributed by atoms with Gasteiger partial charge in [-0.05, 0) is 43.7 Å². The molecule has 1 aromatic carbocycles. The van der Waals surface area contributed by atoms with Crippen LogP contribution in [0.3, 0.4) is 0 Å². The van der Waals surface area contributed by atoms with E-state index in [2.05, 4.69) is 26.6 Å². The molecule has 0 heterocycles. The smallest absolute Gasteiger partial charge is 0.408 e. The number of ether oxygens (including phenoxy) is 1. The molecule has 0 saturated carbocycles. The van der Waals surface area contributed by atoms with Gasteiger partial charge in [-0.15, -0.1) is 0 Å². The number of benzene rings is 1. The Morgan fingerprint density at radius 3 is 1.85 bits per heavy atom. The molecule has 0 aromatic heterocycles. The summed E-state index contributed by atoms with van der Waals surface area (Å²) in [6, 6.07) is 1.81. The molecule has 0 saturated heterocycles. The average Bonchev–Trinajstić information content (AvgIpc) is 3.03. The van der Waals surface area contributed by atoms with E-state index in [1.165, 1.54) is 0 Å². The van der Waals surface area contributed by atoms with Crippen molar-refractivity contribution in [2.45, 2.75) is 82.8 Å². The molecule has 11 N–H and O–H groups in total. The number of nitrogens with one attached hydrogen (secondary N) is 5. The Balaban J connectivity index is 2.96. The second-order valence-corrected chi connectivity index (χ2v) is 11.1. The van der Waals surface area contributed by atoms with E-state index >= 15 is 0 Å². The number of aldehydes is 1. The number of aliphatic hydroxyl groups excluding tert-OH is 2. The van der Waals surface area contributed by atoms with Gasteiger partial charge < -0.3 is 57.8 Å². The fourth-order valence-corrected chi connectivity index (χ4v) is 4.22. The lowest BCUT2D eigenvalue weighted by Gasteiger charge is -2.26. The van der Waals surface area contributed by atoms with E-state index in [0.717, 1.165) is 0 Å². The third-order valence-electron chi connectivity index (χ3n) is 6.65. The molecule has 262 valence electrons. The van der Waals surface area contributed by atoms with Gasteiger partial charge in [0.25, 0.3) is 0 Å². The fraction of sp³-hybridized carbons (Fsp3) is 0.567. The molecule has 0 aliphatic rings. The second kappa shape index (κ2) is 22.0. The van der Waals surface area contributed by atoms with Crippen molar-refractivity contribution in [3.8, 4) is 0 Å². The van der Waals surface area contributed by atoms with Crippen molar-refractivity contribution in [2.24, 2.45) is 17.4 Å². The summed E-state index contributed by atoms with van der Waals surface area (Å²) in [5.41, 5.74) is 11.5. The van der Waals surface area contributed by atoms with Crippen LogP contribution in [-0.2, 0) is 40.1 Å². The molecule has 0 unspecified atom stereocenters. The first-order chi connectivity index (χ1) is 22.3. The quantitative estimate of drug-likeness (QED) is 0.0459. The van der Waals surface area contributed by atoms with Gasteiger partial charge in [-0.2, -0.15) is 0 Å². The summed E-state index contributed by atoms with van der Waals surface area (Å²) >= 11 is 0. The topological polar surface area (TPSA) is 281 Å². The molecule has 0 fully saturated rings. The maximum absolute atomic E-state index is 13.3.